The lowest BCUT2D eigenvalue weighted by molar-refractivity contribution is 0.0919. The average molecular weight is 420 g/mol. The molecule has 31 heavy (non-hydrogen) atoms. The standard InChI is InChI=1S/C25H33N5O/c1-19(2)15-30-23-12-8-7-11-22(23)24(27-30)25(31)26-21-17-28(3)13-14-29(18-21)16-20-9-5-4-6-10-20/h4-12,19,21H,13-18H2,1-3H3,(H,26,31). The normalized spacial score (nSPS) is 18.4. The van der Waals surface area contributed by atoms with Gasteiger partial charge in [0.25, 0.3) is 5.91 Å². The van der Waals surface area contributed by atoms with E-state index in [2.05, 4.69) is 60.3 Å². The van der Waals surface area contributed by atoms with Crippen molar-refractivity contribution >= 4 is 16.8 Å². The minimum absolute atomic E-state index is 0.0534. The van der Waals surface area contributed by atoms with Crippen LogP contribution in [0.2, 0.25) is 0 Å². The molecule has 1 aliphatic heterocycles. The molecular formula is C25H33N5O. The lowest BCUT2D eigenvalue weighted by Crippen LogP contribution is -2.46. The number of aromatic nitrogens is 2. The number of carbonyl (C=O) groups is 1. The van der Waals surface area contributed by atoms with Crippen LogP contribution in [0.15, 0.2) is 54.6 Å². The van der Waals surface area contributed by atoms with E-state index in [1.54, 1.807) is 0 Å². The molecule has 1 aromatic heterocycles. The maximum absolute atomic E-state index is 13.3. The second kappa shape index (κ2) is 9.62. The summed E-state index contributed by atoms with van der Waals surface area (Å²) in [7, 11) is 2.12. The van der Waals surface area contributed by atoms with Crippen LogP contribution in [-0.4, -0.2) is 64.8 Å². The fraction of sp³-hybridized carbons (Fsp3) is 0.440. The van der Waals surface area contributed by atoms with Crippen LogP contribution in [0, 0.1) is 5.92 Å². The summed E-state index contributed by atoms with van der Waals surface area (Å²) in [5.74, 6) is 0.375. The average Bonchev–Trinajstić information content (AvgIpc) is 3.01. The maximum Gasteiger partial charge on any atom is 0.272 e. The Balaban J connectivity index is 1.51. The molecule has 0 spiro atoms. The minimum Gasteiger partial charge on any atom is -0.345 e. The summed E-state index contributed by atoms with van der Waals surface area (Å²) < 4.78 is 1.97. The van der Waals surface area contributed by atoms with Crippen molar-refractivity contribution in [3.63, 3.8) is 0 Å². The maximum atomic E-state index is 13.3. The van der Waals surface area contributed by atoms with Crippen LogP contribution in [-0.2, 0) is 13.1 Å². The van der Waals surface area contributed by atoms with Gasteiger partial charge in [-0.05, 0) is 24.6 Å². The highest BCUT2D eigenvalue weighted by atomic mass is 16.2. The third kappa shape index (κ3) is 5.32. The number of fused-ring (bicyclic) bond motifs is 1. The molecule has 4 rings (SSSR count). The second-order valence-electron chi connectivity index (χ2n) is 9.10. The van der Waals surface area contributed by atoms with Gasteiger partial charge < -0.3 is 10.2 Å². The van der Waals surface area contributed by atoms with Crippen molar-refractivity contribution in [2.24, 2.45) is 5.92 Å². The van der Waals surface area contributed by atoms with E-state index in [9.17, 15) is 4.79 Å². The number of benzene rings is 2. The van der Waals surface area contributed by atoms with Crippen LogP contribution in [0.1, 0.15) is 29.9 Å². The zero-order valence-electron chi connectivity index (χ0n) is 18.8. The number of amides is 1. The predicted octanol–water partition coefficient (Wildman–Crippen LogP) is 3.24. The smallest absolute Gasteiger partial charge is 0.272 e. The van der Waals surface area contributed by atoms with Crippen molar-refractivity contribution in [3.05, 3.63) is 65.9 Å². The van der Waals surface area contributed by atoms with E-state index in [0.29, 0.717) is 11.6 Å². The Morgan fingerprint density at radius 2 is 1.81 bits per heavy atom. The van der Waals surface area contributed by atoms with Crippen molar-refractivity contribution < 1.29 is 4.79 Å². The number of likely N-dealkylation sites (N-methyl/N-ethyl adjacent to an activating group) is 1. The van der Waals surface area contributed by atoms with Crippen LogP contribution in [0.3, 0.4) is 0 Å². The number of nitrogens with zero attached hydrogens (tertiary/aromatic N) is 4. The van der Waals surface area contributed by atoms with E-state index in [1.165, 1.54) is 5.56 Å². The molecule has 0 radical (unpaired) electrons. The third-order valence-electron chi connectivity index (χ3n) is 5.80. The highest BCUT2D eigenvalue weighted by Crippen LogP contribution is 2.20. The van der Waals surface area contributed by atoms with Gasteiger partial charge in [0.1, 0.15) is 0 Å². The molecular weight excluding hydrogens is 386 g/mol. The molecule has 164 valence electrons. The quantitative estimate of drug-likeness (QED) is 0.667. The summed E-state index contributed by atoms with van der Waals surface area (Å²) in [5, 5.41) is 8.90. The van der Waals surface area contributed by atoms with Crippen molar-refractivity contribution in [2.75, 3.05) is 33.2 Å². The van der Waals surface area contributed by atoms with E-state index >= 15 is 0 Å². The molecule has 1 N–H and O–H groups in total. The van der Waals surface area contributed by atoms with E-state index in [-0.39, 0.29) is 11.9 Å². The highest BCUT2D eigenvalue weighted by Gasteiger charge is 2.25. The van der Waals surface area contributed by atoms with E-state index in [4.69, 9.17) is 5.10 Å². The topological polar surface area (TPSA) is 53.4 Å². The zero-order valence-corrected chi connectivity index (χ0v) is 18.8. The van der Waals surface area contributed by atoms with Gasteiger partial charge in [0.05, 0.1) is 11.6 Å². The molecule has 2 heterocycles. The van der Waals surface area contributed by atoms with E-state index in [0.717, 1.165) is 50.2 Å². The number of nitrogens with one attached hydrogen (secondary N) is 1. The Hall–Kier alpha value is -2.70. The predicted molar refractivity (Wildman–Crippen MR) is 125 cm³/mol. The molecule has 2 aromatic carbocycles. The first kappa shape index (κ1) is 21.5. The Morgan fingerprint density at radius 1 is 1.06 bits per heavy atom. The van der Waals surface area contributed by atoms with Gasteiger partial charge in [0.15, 0.2) is 5.69 Å². The Labute approximate surface area is 184 Å². The first-order valence-corrected chi connectivity index (χ1v) is 11.2. The fourth-order valence-corrected chi connectivity index (χ4v) is 4.35. The number of hydrogen-bond donors (Lipinski definition) is 1. The summed E-state index contributed by atoms with van der Waals surface area (Å²) in [4.78, 5) is 18.0. The van der Waals surface area contributed by atoms with Gasteiger partial charge in [-0.3, -0.25) is 14.4 Å². The molecule has 0 saturated carbocycles. The second-order valence-corrected chi connectivity index (χ2v) is 9.10. The number of para-hydroxylation sites is 1. The van der Waals surface area contributed by atoms with E-state index < -0.39 is 0 Å². The molecule has 1 unspecified atom stereocenters. The minimum atomic E-state index is -0.0846. The molecule has 1 aliphatic rings. The van der Waals surface area contributed by atoms with Crippen LogP contribution in [0.25, 0.3) is 10.9 Å². The van der Waals surface area contributed by atoms with Crippen molar-refractivity contribution in [3.8, 4) is 0 Å². The monoisotopic (exact) mass is 419 g/mol. The summed E-state index contributed by atoms with van der Waals surface area (Å²) in [5.41, 5.74) is 2.85. The van der Waals surface area contributed by atoms with Gasteiger partial charge in [0, 0.05) is 44.7 Å². The van der Waals surface area contributed by atoms with Crippen molar-refractivity contribution in [1.82, 2.24) is 24.9 Å². The third-order valence-corrected chi connectivity index (χ3v) is 5.80. The molecule has 1 atom stereocenters. The summed E-state index contributed by atoms with van der Waals surface area (Å²) in [6, 6.07) is 18.6. The van der Waals surface area contributed by atoms with Crippen LogP contribution in [0.4, 0.5) is 0 Å². The first-order valence-electron chi connectivity index (χ1n) is 11.2. The van der Waals surface area contributed by atoms with Gasteiger partial charge in [-0.15, -0.1) is 0 Å². The molecule has 0 bridgehead atoms. The van der Waals surface area contributed by atoms with Gasteiger partial charge in [-0.2, -0.15) is 5.10 Å². The Morgan fingerprint density at radius 3 is 2.58 bits per heavy atom. The molecule has 6 nitrogen and oxygen atoms in total. The van der Waals surface area contributed by atoms with Crippen LogP contribution >= 0.6 is 0 Å². The zero-order chi connectivity index (χ0) is 21.8. The molecule has 0 aliphatic carbocycles. The SMILES string of the molecule is CC(C)Cn1nc(C(=O)NC2CN(C)CCN(Cc3ccccc3)C2)c2ccccc21. The Bertz CT molecular complexity index is 1010. The van der Waals surface area contributed by atoms with E-state index in [1.807, 2.05) is 35.0 Å². The molecule has 6 heteroatoms. The highest BCUT2D eigenvalue weighted by molar-refractivity contribution is 6.05. The summed E-state index contributed by atoms with van der Waals surface area (Å²) in [6.07, 6.45) is 0. The number of hydrogen-bond acceptors (Lipinski definition) is 4. The molecule has 3 aromatic rings. The molecule has 1 fully saturated rings. The molecule has 1 amide bonds. The molecule has 1 saturated heterocycles. The lowest BCUT2D eigenvalue weighted by Gasteiger charge is -2.24. The Kier molecular flexibility index (Phi) is 6.68. The summed E-state index contributed by atoms with van der Waals surface area (Å²) in [6.45, 7) is 9.67. The van der Waals surface area contributed by atoms with Crippen molar-refractivity contribution in [2.45, 2.75) is 33.0 Å². The largest absolute Gasteiger partial charge is 0.345 e. The van der Waals surface area contributed by atoms with Crippen LogP contribution in [0.5, 0.6) is 0 Å². The van der Waals surface area contributed by atoms with Gasteiger partial charge in [-0.25, -0.2) is 0 Å². The van der Waals surface area contributed by atoms with Crippen LogP contribution < -0.4 is 5.32 Å². The van der Waals surface area contributed by atoms with Crippen molar-refractivity contribution in [1.29, 1.82) is 0 Å². The first-order chi connectivity index (χ1) is 15.0. The summed E-state index contributed by atoms with van der Waals surface area (Å²) >= 11 is 0. The number of carbonyl (C=O) groups excluding carboxylic acids is 1. The van der Waals surface area contributed by atoms with Gasteiger partial charge in [-0.1, -0.05) is 62.4 Å². The lowest BCUT2D eigenvalue weighted by atomic mass is 10.1. The fourth-order valence-electron chi connectivity index (χ4n) is 4.35. The van der Waals surface area contributed by atoms with Gasteiger partial charge >= 0.3 is 0 Å². The van der Waals surface area contributed by atoms with Gasteiger partial charge in [0.2, 0.25) is 0 Å². The number of rotatable bonds is 6.